The van der Waals surface area contributed by atoms with Gasteiger partial charge in [-0.15, -0.1) is 0 Å². The molecule has 31 heavy (non-hydrogen) atoms. The fraction of sp³-hybridized carbons (Fsp3) is 0.458. The van der Waals surface area contributed by atoms with Crippen LogP contribution in [0.4, 0.5) is 9.18 Å². The second-order valence-electron chi connectivity index (χ2n) is 8.26. The van der Waals surface area contributed by atoms with Gasteiger partial charge in [0.25, 0.3) is 0 Å². The lowest BCUT2D eigenvalue weighted by Crippen LogP contribution is -2.50. The zero-order valence-corrected chi connectivity index (χ0v) is 18.9. The normalized spacial score (nSPS) is 17.1. The van der Waals surface area contributed by atoms with Crippen LogP contribution in [-0.4, -0.2) is 43.8 Å². The van der Waals surface area contributed by atoms with Gasteiger partial charge in [-0.3, -0.25) is 4.90 Å². The van der Waals surface area contributed by atoms with Crippen LogP contribution in [0.1, 0.15) is 43.5 Å². The average molecular weight is 430 g/mol. The molecule has 0 bridgehead atoms. The summed E-state index contributed by atoms with van der Waals surface area (Å²) in [5, 5.41) is 5.96. The molecule has 0 saturated carbocycles. The molecule has 1 aliphatic rings. The molecule has 0 saturated heterocycles. The molecule has 0 aliphatic carbocycles. The predicted octanol–water partition coefficient (Wildman–Crippen LogP) is 4.04. The van der Waals surface area contributed by atoms with Crippen molar-refractivity contribution in [1.82, 2.24) is 15.5 Å². The maximum atomic E-state index is 13.8. The van der Waals surface area contributed by atoms with E-state index in [1.807, 2.05) is 39.0 Å². The summed E-state index contributed by atoms with van der Waals surface area (Å²) >= 11 is 0. The third kappa shape index (κ3) is 5.47. The molecule has 0 spiro atoms. The number of methoxy groups -OCH3 is 2. The van der Waals surface area contributed by atoms with E-state index in [-0.39, 0.29) is 30.0 Å². The first-order chi connectivity index (χ1) is 14.8. The van der Waals surface area contributed by atoms with Crippen molar-refractivity contribution in [2.75, 3.05) is 20.8 Å². The molecule has 1 aliphatic heterocycles. The summed E-state index contributed by atoms with van der Waals surface area (Å²) in [5.41, 5.74) is 3.14. The van der Waals surface area contributed by atoms with Crippen molar-refractivity contribution >= 4 is 6.03 Å². The molecule has 7 heteroatoms. The van der Waals surface area contributed by atoms with E-state index in [4.69, 9.17) is 9.47 Å². The highest BCUT2D eigenvalue weighted by Gasteiger charge is 2.34. The van der Waals surface area contributed by atoms with Crippen molar-refractivity contribution < 1.29 is 18.7 Å². The molecule has 2 aromatic rings. The molecule has 1 heterocycles. The summed E-state index contributed by atoms with van der Waals surface area (Å²) < 4.78 is 24.8. The first kappa shape index (κ1) is 22.9. The molecule has 0 aromatic heterocycles. The van der Waals surface area contributed by atoms with Crippen LogP contribution >= 0.6 is 0 Å². The lowest BCUT2D eigenvalue weighted by molar-refractivity contribution is 0.143. The number of amides is 2. The van der Waals surface area contributed by atoms with Crippen LogP contribution < -0.4 is 20.1 Å². The molecule has 0 unspecified atom stereocenters. The number of carbonyl (C=O) groups is 1. The summed E-state index contributed by atoms with van der Waals surface area (Å²) in [6.45, 7) is 7.20. The minimum atomic E-state index is -0.250. The zero-order chi connectivity index (χ0) is 22.5. The molecule has 2 atom stereocenters. The number of fused-ring (bicyclic) bond motifs is 1. The number of halogens is 1. The summed E-state index contributed by atoms with van der Waals surface area (Å²) in [7, 11) is 3.24. The van der Waals surface area contributed by atoms with E-state index in [9.17, 15) is 9.18 Å². The van der Waals surface area contributed by atoms with Crippen LogP contribution in [0.3, 0.4) is 0 Å². The van der Waals surface area contributed by atoms with E-state index in [0.717, 1.165) is 29.7 Å². The molecule has 3 rings (SSSR count). The summed E-state index contributed by atoms with van der Waals surface area (Å²) in [5.74, 6) is 1.09. The Labute approximate surface area is 183 Å². The maximum absolute atomic E-state index is 13.8. The Kier molecular flexibility index (Phi) is 7.38. The van der Waals surface area contributed by atoms with E-state index < -0.39 is 0 Å². The second kappa shape index (κ2) is 10.0. The fourth-order valence-corrected chi connectivity index (χ4v) is 4.25. The SMILES string of the molecule is COc1cc2c(cc1OC)[C@@H]([C@H](C)NC(=O)NC(C)C)N(Cc1cccc(F)c1)CC2. The molecule has 2 aromatic carbocycles. The standard InChI is InChI=1S/C24H32FN3O3/c1-15(2)26-24(29)27-16(3)23-20-13-22(31-5)21(30-4)12-18(20)9-10-28(23)14-17-7-6-8-19(25)11-17/h6-8,11-13,15-16,23H,9-10,14H2,1-5H3,(H2,26,27,29)/t16-,23+/m0/s1. The molecule has 0 radical (unpaired) electrons. The predicted molar refractivity (Wildman–Crippen MR) is 119 cm³/mol. The monoisotopic (exact) mass is 429 g/mol. The van der Waals surface area contributed by atoms with E-state index in [2.05, 4.69) is 15.5 Å². The first-order valence-electron chi connectivity index (χ1n) is 10.6. The summed E-state index contributed by atoms with van der Waals surface area (Å²) in [4.78, 5) is 14.7. The van der Waals surface area contributed by atoms with Crippen LogP contribution in [0.2, 0.25) is 0 Å². The number of urea groups is 1. The summed E-state index contributed by atoms with van der Waals surface area (Å²) in [6.07, 6.45) is 0.826. The van der Waals surface area contributed by atoms with E-state index >= 15 is 0 Å². The second-order valence-corrected chi connectivity index (χ2v) is 8.26. The smallest absolute Gasteiger partial charge is 0.315 e. The molecular formula is C24H32FN3O3. The molecule has 0 fully saturated rings. The number of rotatable bonds is 7. The zero-order valence-electron chi connectivity index (χ0n) is 18.9. The van der Waals surface area contributed by atoms with Crippen LogP contribution in [0.5, 0.6) is 11.5 Å². The minimum Gasteiger partial charge on any atom is -0.493 e. The van der Waals surface area contributed by atoms with Crippen LogP contribution in [-0.2, 0) is 13.0 Å². The van der Waals surface area contributed by atoms with Gasteiger partial charge in [-0.25, -0.2) is 9.18 Å². The third-order valence-corrected chi connectivity index (χ3v) is 5.55. The highest BCUT2D eigenvalue weighted by atomic mass is 19.1. The van der Waals surface area contributed by atoms with E-state index in [1.165, 1.54) is 6.07 Å². The van der Waals surface area contributed by atoms with Gasteiger partial charge >= 0.3 is 6.03 Å². The first-order valence-corrected chi connectivity index (χ1v) is 10.6. The van der Waals surface area contributed by atoms with Gasteiger partial charge in [0.15, 0.2) is 11.5 Å². The van der Waals surface area contributed by atoms with E-state index in [0.29, 0.717) is 18.0 Å². The highest BCUT2D eigenvalue weighted by Crippen LogP contribution is 2.40. The summed E-state index contributed by atoms with van der Waals surface area (Å²) in [6, 6.07) is 10.2. The number of ether oxygens (including phenoxy) is 2. The lowest BCUT2D eigenvalue weighted by Gasteiger charge is -2.41. The fourth-order valence-electron chi connectivity index (χ4n) is 4.25. The van der Waals surface area contributed by atoms with Gasteiger partial charge in [-0.1, -0.05) is 12.1 Å². The van der Waals surface area contributed by atoms with Gasteiger partial charge in [0.05, 0.1) is 20.3 Å². The van der Waals surface area contributed by atoms with E-state index in [1.54, 1.807) is 26.4 Å². The Morgan fingerprint density at radius 1 is 1.13 bits per heavy atom. The van der Waals surface area contributed by atoms with Crippen LogP contribution in [0, 0.1) is 5.82 Å². The van der Waals surface area contributed by atoms with Crippen molar-refractivity contribution in [2.24, 2.45) is 0 Å². The Morgan fingerprint density at radius 2 is 1.84 bits per heavy atom. The van der Waals surface area contributed by atoms with Crippen molar-refractivity contribution in [3.05, 3.63) is 58.9 Å². The van der Waals surface area contributed by atoms with Crippen LogP contribution in [0.25, 0.3) is 0 Å². The Hall–Kier alpha value is -2.80. The van der Waals surface area contributed by atoms with Gasteiger partial charge in [-0.2, -0.15) is 0 Å². The van der Waals surface area contributed by atoms with Crippen LogP contribution in [0.15, 0.2) is 36.4 Å². The van der Waals surface area contributed by atoms with Gasteiger partial charge < -0.3 is 20.1 Å². The van der Waals surface area contributed by atoms with Gasteiger partial charge in [0.1, 0.15) is 5.82 Å². The largest absolute Gasteiger partial charge is 0.493 e. The Bertz CT molecular complexity index is 919. The molecular weight excluding hydrogens is 397 g/mol. The maximum Gasteiger partial charge on any atom is 0.315 e. The topological polar surface area (TPSA) is 62.8 Å². The number of carbonyl (C=O) groups excluding carboxylic acids is 1. The molecule has 2 amide bonds. The molecule has 168 valence electrons. The Morgan fingerprint density at radius 3 is 2.48 bits per heavy atom. The van der Waals surface area contributed by atoms with Crippen molar-refractivity contribution in [1.29, 1.82) is 0 Å². The van der Waals surface area contributed by atoms with Crippen molar-refractivity contribution in [3.63, 3.8) is 0 Å². The van der Waals surface area contributed by atoms with Crippen molar-refractivity contribution in [3.8, 4) is 11.5 Å². The Balaban J connectivity index is 1.96. The molecule has 2 N–H and O–H groups in total. The molecule has 6 nitrogen and oxygen atoms in total. The minimum absolute atomic E-state index is 0.0404. The number of hydrogen-bond donors (Lipinski definition) is 2. The average Bonchev–Trinajstić information content (AvgIpc) is 2.71. The number of hydrogen-bond acceptors (Lipinski definition) is 4. The quantitative estimate of drug-likeness (QED) is 0.697. The number of nitrogens with one attached hydrogen (secondary N) is 2. The lowest BCUT2D eigenvalue weighted by atomic mass is 9.87. The van der Waals surface area contributed by atoms with Gasteiger partial charge in [-0.05, 0) is 68.1 Å². The highest BCUT2D eigenvalue weighted by molar-refractivity contribution is 5.74. The van der Waals surface area contributed by atoms with Crippen molar-refractivity contribution in [2.45, 2.75) is 51.9 Å². The van der Waals surface area contributed by atoms with Gasteiger partial charge in [0.2, 0.25) is 0 Å². The van der Waals surface area contributed by atoms with Gasteiger partial charge in [0, 0.05) is 25.2 Å². The third-order valence-electron chi connectivity index (χ3n) is 5.55. The number of benzene rings is 2. The number of nitrogens with zero attached hydrogens (tertiary/aromatic N) is 1.